The molecule has 0 saturated heterocycles. The largest absolute Gasteiger partial charge is 0.481 e. The van der Waals surface area contributed by atoms with Gasteiger partial charge in [0, 0.05) is 0 Å². The van der Waals surface area contributed by atoms with Crippen molar-refractivity contribution in [3.8, 4) is 0 Å². The van der Waals surface area contributed by atoms with E-state index in [2.05, 4.69) is 6.92 Å². The van der Waals surface area contributed by atoms with E-state index in [9.17, 15) is 4.79 Å². The van der Waals surface area contributed by atoms with Gasteiger partial charge in [-0.25, -0.2) is 0 Å². The summed E-state index contributed by atoms with van der Waals surface area (Å²) in [7, 11) is 0. The molecular weight excluding hydrogens is 128 g/mol. The number of carbonyl (C=O) groups is 1. The summed E-state index contributed by atoms with van der Waals surface area (Å²) in [6.45, 7) is 2.05. The molecule has 2 nitrogen and oxygen atoms in total. The highest BCUT2D eigenvalue weighted by Crippen LogP contribution is 2.39. The molecule has 56 valence electrons. The van der Waals surface area contributed by atoms with E-state index in [1.807, 2.05) is 12.2 Å². The Kier molecular flexibility index (Phi) is 2.10. The lowest BCUT2D eigenvalue weighted by Gasteiger charge is -1.84. The van der Waals surface area contributed by atoms with Gasteiger partial charge in [-0.05, 0) is 18.8 Å². The first-order valence-corrected chi connectivity index (χ1v) is 3.65. The van der Waals surface area contributed by atoms with Gasteiger partial charge < -0.3 is 5.11 Å². The van der Waals surface area contributed by atoms with Gasteiger partial charge in [-0.2, -0.15) is 0 Å². The number of hydrogen-bond acceptors (Lipinski definition) is 1. The van der Waals surface area contributed by atoms with Gasteiger partial charge >= 0.3 is 5.97 Å². The van der Waals surface area contributed by atoms with Gasteiger partial charge in [0.2, 0.25) is 0 Å². The third-order valence-electron chi connectivity index (χ3n) is 1.78. The van der Waals surface area contributed by atoms with Crippen molar-refractivity contribution in [1.82, 2.24) is 0 Å². The minimum absolute atomic E-state index is 0.0807. The van der Waals surface area contributed by atoms with E-state index in [0.717, 1.165) is 12.8 Å². The zero-order chi connectivity index (χ0) is 7.56. The highest BCUT2D eigenvalue weighted by molar-refractivity contribution is 5.73. The van der Waals surface area contributed by atoms with Crippen LogP contribution in [0.5, 0.6) is 0 Å². The number of hydrogen-bond donors (Lipinski definition) is 1. The Bertz CT molecular complexity index is 161. The smallest absolute Gasteiger partial charge is 0.307 e. The second-order valence-electron chi connectivity index (χ2n) is 2.68. The predicted molar refractivity (Wildman–Crippen MR) is 38.7 cm³/mol. The Hall–Kier alpha value is -0.790. The van der Waals surface area contributed by atoms with E-state index in [1.165, 1.54) is 0 Å². The number of carboxylic acid groups (broad SMARTS) is 1. The van der Waals surface area contributed by atoms with E-state index in [0.29, 0.717) is 5.92 Å². The summed E-state index contributed by atoms with van der Waals surface area (Å²) in [5.74, 6) is -0.397. The van der Waals surface area contributed by atoms with E-state index in [1.54, 1.807) is 0 Å². The fourth-order valence-electron chi connectivity index (χ4n) is 1.02. The molecule has 0 aromatic rings. The van der Waals surface area contributed by atoms with Crippen molar-refractivity contribution in [2.45, 2.75) is 19.8 Å². The van der Waals surface area contributed by atoms with Gasteiger partial charge in [-0.3, -0.25) is 4.79 Å². The van der Waals surface area contributed by atoms with Crippen LogP contribution in [-0.2, 0) is 4.79 Å². The summed E-state index contributed by atoms with van der Waals surface area (Å²) in [4.78, 5) is 10.3. The molecule has 0 amide bonds. The molecule has 0 bridgehead atoms. The van der Waals surface area contributed by atoms with Gasteiger partial charge in [0.25, 0.3) is 0 Å². The minimum atomic E-state index is -0.647. The fraction of sp³-hybridized carbons (Fsp3) is 0.625. The van der Waals surface area contributed by atoms with Crippen LogP contribution in [0.15, 0.2) is 12.2 Å². The molecule has 1 aliphatic rings. The average molecular weight is 140 g/mol. The van der Waals surface area contributed by atoms with Gasteiger partial charge in [0.05, 0.1) is 5.92 Å². The molecule has 0 spiro atoms. The molecule has 1 saturated carbocycles. The second-order valence-corrected chi connectivity index (χ2v) is 2.68. The van der Waals surface area contributed by atoms with Crippen LogP contribution < -0.4 is 0 Å². The van der Waals surface area contributed by atoms with Crippen molar-refractivity contribution in [2.75, 3.05) is 0 Å². The summed E-state index contributed by atoms with van der Waals surface area (Å²) in [6, 6.07) is 0. The third-order valence-corrected chi connectivity index (χ3v) is 1.78. The van der Waals surface area contributed by atoms with E-state index in [4.69, 9.17) is 5.11 Å². The van der Waals surface area contributed by atoms with Crippen LogP contribution in [0.1, 0.15) is 19.8 Å². The summed E-state index contributed by atoms with van der Waals surface area (Å²) < 4.78 is 0. The lowest BCUT2D eigenvalue weighted by molar-refractivity contribution is -0.138. The Morgan fingerprint density at radius 2 is 2.50 bits per heavy atom. The zero-order valence-electron chi connectivity index (χ0n) is 6.08. The molecule has 0 aromatic carbocycles. The van der Waals surface area contributed by atoms with Crippen LogP contribution in [0.25, 0.3) is 0 Å². The third kappa shape index (κ3) is 1.59. The zero-order valence-corrected chi connectivity index (χ0v) is 6.08. The lowest BCUT2D eigenvalue weighted by atomic mass is 10.3. The van der Waals surface area contributed by atoms with E-state index < -0.39 is 5.97 Å². The highest BCUT2D eigenvalue weighted by Gasteiger charge is 2.40. The molecule has 0 radical (unpaired) electrons. The first-order chi connectivity index (χ1) is 4.75. The Morgan fingerprint density at radius 3 is 2.90 bits per heavy atom. The molecule has 2 atom stereocenters. The second kappa shape index (κ2) is 2.86. The van der Waals surface area contributed by atoms with Crippen molar-refractivity contribution in [1.29, 1.82) is 0 Å². The van der Waals surface area contributed by atoms with Crippen LogP contribution in [0.3, 0.4) is 0 Å². The van der Waals surface area contributed by atoms with Gasteiger partial charge in [0.15, 0.2) is 0 Å². The van der Waals surface area contributed by atoms with Crippen LogP contribution >= 0.6 is 0 Å². The van der Waals surface area contributed by atoms with Gasteiger partial charge in [-0.1, -0.05) is 19.1 Å². The molecule has 10 heavy (non-hydrogen) atoms. The van der Waals surface area contributed by atoms with E-state index in [-0.39, 0.29) is 5.92 Å². The van der Waals surface area contributed by atoms with Crippen LogP contribution in [0.4, 0.5) is 0 Å². The standard InChI is InChI=1S/C8H12O2/c1-2-3-4-6-5-7(6)8(9)10/h3-4,6-7H,2,5H2,1H3,(H,9,10)/b4-3+. The van der Waals surface area contributed by atoms with Crippen molar-refractivity contribution in [3.05, 3.63) is 12.2 Å². The summed E-state index contributed by atoms with van der Waals surface area (Å²) in [6.07, 6.45) is 5.89. The SMILES string of the molecule is CC/C=C/C1CC1C(=O)O. The lowest BCUT2D eigenvalue weighted by Crippen LogP contribution is -1.97. The molecule has 1 N–H and O–H groups in total. The maximum atomic E-state index is 10.3. The molecule has 0 aliphatic heterocycles. The number of aliphatic carboxylic acids is 1. The summed E-state index contributed by atoms with van der Waals surface area (Å²) in [5, 5.41) is 8.49. The summed E-state index contributed by atoms with van der Waals surface area (Å²) >= 11 is 0. The van der Waals surface area contributed by atoms with E-state index >= 15 is 0 Å². The van der Waals surface area contributed by atoms with Crippen molar-refractivity contribution < 1.29 is 9.90 Å². The number of carboxylic acids is 1. The van der Waals surface area contributed by atoms with Crippen molar-refractivity contribution in [3.63, 3.8) is 0 Å². The summed E-state index contributed by atoms with van der Waals surface area (Å²) in [5.41, 5.74) is 0. The van der Waals surface area contributed by atoms with Crippen molar-refractivity contribution in [2.24, 2.45) is 11.8 Å². The topological polar surface area (TPSA) is 37.3 Å². The molecule has 0 aromatic heterocycles. The minimum Gasteiger partial charge on any atom is -0.481 e. The molecule has 1 rings (SSSR count). The Morgan fingerprint density at radius 1 is 1.80 bits per heavy atom. The molecule has 2 heteroatoms. The average Bonchev–Trinajstić information content (AvgIpc) is 2.62. The quantitative estimate of drug-likeness (QED) is 0.605. The normalized spacial score (nSPS) is 30.9. The maximum Gasteiger partial charge on any atom is 0.307 e. The first kappa shape index (κ1) is 7.32. The van der Waals surface area contributed by atoms with Crippen LogP contribution in [-0.4, -0.2) is 11.1 Å². The highest BCUT2D eigenvalue weighted by atomic mass is 16.4. The molecular formula is C8H12O2. The number of rotatable bonds is 3. The Balaban J connectivity index is 2.25. The molecule has 1 fully saturated rings. The Labute approximate surface area is 60.6 Å². The molecule has 0 heterocycles. The molecule has 2 unspecified atom stereocenters. The molecule has 1 aliphatic carbocycles. The van der Waals surface area contributed by atoms with Crippen LogP contribution in [0, 0.1) is 11.8 Å². The van der Waals surface area contributed by atoms with Gasteiger partial charge in [-0.15, -0.1) is 0 Å². The number of allylic oxidation sites excluding steroid dienone is 2. The fourth-order valence-corrected chi connectivity index (χ4v) is 1.02. The van der Waals surface area contributed by atoms with Crippen molar-refractivity contribution >= 4 is 5.97 Å². The van der Waals surface area contributed by atoms with Gasteiger partial charge in [0.1, 0.15) is 0 Å². The monoisotopic (exact) mass is 140 g/mol. The first-order valence-electron chi connectivity index (χ1n) is 3.65. The maximum absolute atomic E-state index is 10.3. The van der Waals surface area contributed by atoms with Crippen LogP contribution in [0.2, 0.25) is 0 Å². The predicted octanol–water partition coefficient (Wildman–Crippen LogP) is 1.67.